The van der Waals surface area contributed by atoms with Crippen molar-refractivity contribution >= 4 is 11.8 Å². The highest BCUT2D eigenvalue weighted by molar-refractivity contribution is 5.86. The van der Waals surface area contributed by atoms with E-state index >= 15 is 0 Å². The Balaban J connectivity index is 1.39. The monoisotopic (exact) mass is 467 g/mol. The minimum absolute atomic E-state index is 0.133. The van der Waals surface area contributed by atoms with E-state index in [0.29, 0.717) is 51.3 Å². The molecule has 0 bridgehead atoms. The Kier molecular flexibility index (Phi) is 7.92. The van der Waals surface area contributed by atoms with Gasteiger partial charge in [-0.2, -0.15) is 0 Å². The third kappa shape index (κ3) is 6.21. The predicted octanol–water partition coefficient (Wildman–Crippen LogP) is 2.21. The van der Waals surface area contributed by atoms with Crippen molar-refractivity contribution in [2.45, 2.75) is 25.0 Å². The molecule has 2 aliphatic rings. The van der Waals surface area contributed by atoms with E-state index in [1.165, 1.54) is 12.1 Å². The highest BCUT2D eigenvalue weighted by Gasteiger charge is 2.43. The highest BCUT2D eigenvalue weighted by Crippen LogP contribution is 2.25. The lowest BCUT2D eigenvalue weighted by Gasteiger charge is -2.41. The van der Waals surface area contributed by atoms with Crippen molar-refractivity contribution < 1.29 is 23.5 Å². The second-order valence-electron chi connectivity index (χ2n) is 8.55. The molecule has 0 radical (unpaired) electrons. The molecule has 2 N–H and O–H groups in total. The summed E-state index contributed by atoms with van der Waals surface area (Å²) in [6, 6.07) is 14.0. The van der Waals surface area contributed by atoms with Crippen LogP contribution in [0.4, 0.5) is 4.39 Å². The van der Waals surface area contributed by atoms with Gasteiger partial charge in [-0.15, -0.1) is 0 Å². The lowest BCUT2D eigenvalue weighted by molar-refractivity contribution is -0.161. The number of nitrogens with one attached hydrogen (secondary N) is 2. The maximum absolute atomic E-state index is 13.4. The predicted molar refractivity (Wildman–Crippen MR) is 126 cm³/mol. The van der Waals surface area contributed by atoms with Crippen LogP contribution < -0.4 is 15.4 Å². The van der Waals surface area contributed by atoms with Crippen molar-refractivity contribution in [3.63, 3.8) is 0 Å². The molecule has 0 saturated carbocycles. The van der Waals surface area contributed by atoms with Gasteiger partial charge in [0, 0.05) is 26.1 Å². The first-order valence-corrected chi connectivity index (χ1v) is 11.6. The molecule has 0 aliphatic carbocycles. The van der Waals surface area contributed by atoms with Gasteiger partial charge >= 0.3 is 0 Å². The number of hydrogen-bond acceptors (Lipinski definition) is 5. The Labute approximate surface area is 198 Å². The van der Waals surface area contributed by atoms with Gasteiger partial charge in [-0.25, -0.2) is 4.39 Å². The lowest BCUT2D eigenvalue weighted by Crippen LogP contribution is -2.61. The average molecular weight is 468 g/mol. The van der Waals surface area contributed by atoms with E-state index in [1.54, 1.807) is 12.1 Å². The Morgan fingerprint density at radius 2 is 2.03 bits per heavy atom. The van der Waals surface area contributed by atoms with Crippen molar-refractivity contribution in [2.75, 3.05) is 39.4 Å². The van der Waals surface area contributed by atoms with Gasteiger partial charge in [-0.05, 0) is 35.7 Å². The molecular formula is C26H30FN3O4. The second kappa shape index (κ2) is 11.3. The number of hydrogen-bond donors (Lipinski definition) is 2. The number of halogens is 1. The number of carbonyl (C=O) groups is 2. The topological polar surface area (TPSA) is 79.9 Å². The standard InChI is InChI=1S/C26H30FN3O4/c27-22-9-5-6-20(16-22)17-29-24(31)18-30-13-15-34-26(19-30)11-4-3-8-21-7-1-2-10-23(21)33-14-12-28-25(26)32/h1-7,9-10,16H,8,11-15,17-19H2,(H,28,32)(H,29,31)/b4-3+. The van der Waals surface area contributed by atoms with Gasteiger partial charge in [0.1, 0.15) is 18.2 Å². The summed E-state index contributed by atoms with van der Waals surface area (Å²) in [5, 5.41) is 5.75. The van der Waals surface area contributed by atoms with Crippen LogP contribution in [0.3, 0.4) is 0 Å². The fourth-order valence-electron chi connectivity index (χ4n) is 4.23. The van der Waals surface area contributed by atoms with Gasteiger partial charge < -0.3 is 20.1 Å². The third-order valence-corrected chi connectivity index (χ3v) is 5.99. The van der Waals surface area contributed by atoms with Crippen molar-refractivity contribution in [1.82, 2.24) is 15.5 Å². The van der Waals surface area contributed by atoms with E-state index in [2.05, 4.69) is 10.6 Å². The lowest BCUT2D eigenvalue weighted by atomic mass is 9.94. The maximum Gasteiger partial charge on any atom is 0.254 e. The minimum Gasteiger partial charge on any atom is -0.491 e. The number of morpholine rings is 1. The molecule has 34 heavy (non-hydrogen) atoms. The molecule has 2 aliphatic heterocycles. The number of amides is 2. The van der Waals surface area contributed by atoms with E-state index in [9.17, 15) is 14.0 Å². The second-order valence-corrected chi connectivity index (χ2v) is 8.55. The fourth-order valence-corrected chi connectivity index (χ4v) is 4.23. The van der Waals surface area contributed by atoms with E-state index in [1.807, 2.05) is 41.3 Å². The number of para-hydroxylation sites is 1. The number of carbonyl (C=O) groups excluding carboxylic acids is 2. The molecular weight excluding hydrogens is 437 g/mol. The van der Waals surface area contributed by atoms with Crippen LogP contribution in [0.5, 0.6) is 5.75 Å². The maximum atomic E-state index is 13.4. The van der Waals surface area contributed by atoms with E-state index < -0.39 is 5.60 Å². The van der Waals surface area contributed by atoms with Crippen LogP contribution in [-0.2, 0) is 27.3 Å². The largest absolute Gasteiger partial charge is 0.491 e. The van der Waals surface area contributed by atoms with Crippen LogP contribution in [0.25, 0.3) is 0 Å². The number of rotatable bonds is 4. The molecule has 1 spiro atoms. The molecule has 2 aromatic rings. The normalized spacial score (nSPS) is 22.4. The quantitative estimate of drug-likeness (QED) is 0.674. The Morgan fingerprint density at radius 1 is 1.15 bits per heavy atom. The van der Waals surface area contributed by atoms with Crippen molar-refractivity contribution in [3.05, 3.63) is 77.6 Å². The smallest absolute Gasteiger partial charge is 0.254 e. The van der Waals surface area contributed by atoms with Crippen LogP contribution in [-0.4, -0.2) is 61.7 Å². The van der Waals surface area contributed by atoms with Gasteiger partial charge in [0.25, 0.3) is 5.91 Å². The Hall–Kier alpha value is -3.23. The minimum atomic E-state index is -1.07. The molecule has 180 valence electrons. The summed E-state index contributed by atoms with van der Waals surface area (Å²) in [4.78, 5) is 27.6. The van der Waals surface area contributed by atoms with Gasteiger partial charge in [-0.1, -0.05) is 42.5 Å². The molecule has 1 fully saturated rings. The molecule has 1 atom stereocenters. The zero-order valence-electron chi connectivity index (χ0n) is 19.1. The van der Waals surface area contributed by atoms with Gasteiger partial charge in [0.2, 0.25) is 5.91 Å². The van der Waals surface area contributed by atoms with Crippen LogP contribution in [0, 0.1) is 5.82 Å². The molecule has 1 saturated heterocycles. The van der Waals surface area contributed by atoms with E-state index in [4.69, 9.17) is 9.47 Å². The number of fused-ring (bicyclic) bond motifs is 1. The van der Waals surface area contributed by atoms with Crippen LogP contribution in [0.1, 0.15) is 17.5 Å². The Bertz CT molecular complexity index is 1040. The highest BCUT2D eigenvalue weighted by atomic mass is 19.1. The van der Waals surface area contributed by atoms with Gasteiger partial charge in [0.15, 0.2) is 5.60 Å². The molecule has 4 rings (SSSR count). The van der Waals surface area contributed by atoms with Crippen molar-refractivity contribution in [2.24, 2.45) is 0 Å². The summed E-state index contributed by atoms with van der Waals surface area (Å²) >= 11 is 0. The fraction of sp³-hybridized carbons (Fsp3) is 0.385. The molecule has 0 aromatic heterocycles. The molecule has 2 aromatic carbocycles. The average Bonchev–Trinajstić information content (AvgIpc) is 2.83. The first-order chi connectivity index (χ1) is 16.5. The van der Waals surface area contributed by atoms with Crippen LogP contribution in [0.15, 0.2) is 60.7 Å². The molecule has 8 heteroatoms. The molecule has 7 nitrogen and oxygen atoms in total. The first-order valence-electron chi connectivity index (χ1n) is 11.6. The summed E-state index contributed by atoms with van der Waals surface area (Å²) in [5.41, 5.74) is 0.705. The third-order valence-electron chi connectivity index (χ3n) is 5.99. The number of ether oxygens (including phenoxy) is 2. The summed E-state index contributed by atoms with van der Waals surface area (Å²) in [6.07, 6.45) is 5.08. The van der Waals surface area contributed by atoms with Crippen molar-refractivity contribution in [1.29, 1.82) is 0 Å². The van der Waals surface area contributed by atoms with Crippen LogP contribution >= 0.6 is 0 Å². The number of benzene rings is 2. The number of nitrogens with zero attached hydrogens (tertiary/aromatic N) is 1. The van der Waals surface area contributed by atoms with E-state index in [-0.39, 0.29) is 30.7 Å². The zero-order chi connectivity index (χ0) is 23.8. The molecule has 2 heterocycles. The summed E-state index contributed by atoms with van der Waals surface area (Å²) in [5.74, 6) is 0.0910. The van der Waals surface area contributed by atoms with Crippen molar-refractivity contribution in [3.8, 4) is 5.75 Å². The van der Waals surface area contributed by atoms with Crippen LogP contribution in [0.2, 0.25) is 0 Å². The zero-order valence-corrected chi connectivity index (χ0v) is 19.1. The van der Waals surface area contributed by atoms with Gasteiger partial charge in [-0.3, -0.25) is 14.5 Å². The van der Waals surface area contributed by atoms with E-state index in [0.717, 1.165) is 11.3 Å². The van der Waals surface area contributed by atoms with Gasteiger partial charge in [0.05, 0.1) is 19.7 Å². The summed E-state index contributed by atoms with van der Waals surface area (Å²) < 4.78 is 25.2. The number of allylic oxidation sites excluding steroid dienone is 1. The molecule has 1 unspecified atom stereocenters. The SMILES string of the molecule is O=C(CN1CCOC2(C/C=C/Cc3ccccc3OCCNC2=O)C1)NCc1cccc(F)c1. The summed E-state index contributed by atoms with van der Waals surface area (Å²) in [7, 11) is 0. The summed E-state index contributed by atoms with van der Waals surface area (Å²) in [6.45, 7) is 2.28. The molecule has 2 amide bonds. The Morgan fingerprint density at radius 3 is 2.91 bits per heavy atom. The first kappa shape index (κ1) is 23.9.